The zero-order valence-corrected chi connectivity index (χ0v) is 13.9. The van der Waals surface area contributed by atoms with E-state index in [1.54, 1.807) is 30.3 Å². The zero-order chi connectivity index (χ0) is 17.9. The highest BCUT2D eigenvalue weighted by Gasteiger charge is 2.34. The van der Waals surface area contributed by atoms with Gasteiger partial charge in [-0.25, -0.2) is 4.98 Å². The normalized spacial score (nSPS) is 12.3. The Labute approximate surface area is 144 Å². The van der Waals surface area contributed by atoms with E-state index in [0.717, 1.165) is 17.6 Å². The van der Waals surface area contributed by atoms with E-state index in [2.05, 4.69) is 20.9 Å². The van der Waals surface area contributed by atoms with Crippen molar-refractivity contribution in [3.05, 3.63) is 63.4 Å². The molecule has 2 rings (SSSR count). The summed E-state index contributed by atoms with van der Waals surface area (Å²) in [6.07, 6.45) is -4.08. The lowest BCUT2D eigenvalue weighted by atomic mass is 9.89. The Morgan fingerprint density at radius 2 is 1.96 bits per heavy atom. The van der Waals surface area contributed by atoms with Crippen LogP contribution in [0, 0.1) is 11.3 Å². The van der Waals surface area contributed by atoms with Gasteiger partial charge in [-0.15, -0.1) is 0 Å². The molecule has 124 valence electrons. The molecular formula is C16H10BrF3N2O2. The summed E-state index contributed by atoms with van der Waals surface area (Å²) < 4.78 is 44.3. The molecule has 0 amide bonds. The van der Waals surface area contributed by atoms with Crippen LogP contribution in [-0.4, -0.2) is 18.1 Å². The minimum absolute atomic E-state index is 0.151. The lowest BCUT2D eigenvalue weighted by Crippen LogP contribution is -2.19. The molecule has 8 heteroatoms. The van der Waals surface area contributed by atoms with Gasteiger partial charge in [0.15, 0.2) is 0 Å². The van der Waals surface area contributed by atoms with Crippen LogP contribution in [-0.2, 0) is 15.7 Å². The lowest BCUT2D eigenvalue weighted by molar-refractivity contribution is -0.142. The van der Waals surface area contributed by atoms with Crippen LogP contribution in [0.3, 0.4) is 0 Å². The molecule has 0 bridgehead atoms. The molecule has 1 atom stereocenters. The maximum absolute atomic E-state index is 13.0. The van der Waals surface area contributed by atoms with Crippen molar-refractivity contribution in [1.82, 2.24) is 4.98 Å². The fraction of sp³-hybridized carbons (Fsp3) is 0.188. The van der Waals surface area contributed by atoms with Gasteiger partial charge in [0.25, 0.3) is 0 Å². The SMILES string of the molecule is COC(=O)C(c1ccc(Br)cc1)c1cc(C(F)(F)F)cnc1C#N. The van der Waals surface area contributed by atoms with Gasteiger partial charge in [0.05, 0.1) is 12.7 Å². The second kappa shape index (κ2) is 7.01. The number of pyridine rings is 1. The molecule has 0 aliphatic carbocycles. The molecule has 0 radical (unpaired) electrons. The smallest absolute Gasteiger partial charge is 0.417 e. The van der Waals surface area contributed by atoms with Crippen LogP contribution >= 0.6 is 15.9 Å². The number of halogens is 4. The van der Waals surface area contributed by atoms with E-state index >= 15 is 0 Å². The van der Waals surface area contributed by atoms with E-state index < -0.39 is 23.6 Å². The number of carbonyl (C=O) groups excluding carboxylic acids is 1. The van der Waals surface area contributed by atoms with Crippen molar-refractivity contribution in [2.45, 2.75) is 12.1 Å². The molecule has 0 fully saturated rings. The first kappa shape index (κ1) is 17.9. The monoisotopic (exact) mass is 398 g/mol. The number of nitriles is 1. The summed E-state index contributed by atoms with van der Waals surface area (Å²) in [5.74, 6) is -1.97. The summed E-state index contributed by atoms with van der Waals surface area (Å²) in [5, 5.41) is 9.15. The van der Waals surface area contributed by atoms with Crippen LogP contribution < -0.4 is 0 Å². The number of esters is 1. The number of alkyl halides is 3. The van der Waals surface area contributed by atoms with E-state index in [-0.39, 0.29) is 11.3 Å². The van der Waals surface area contributed by atoms with Gasteiger partial charge in [-0.2, -0.15) is 18.4 Å². The molecule has 2 aromatic rings. The second-order valence-corrected chi connectivity index (χ2v) is 5.69. The highest BCUT2D eigenvalue weighted by Crippen LogP contribution is 2.34. The van der Waals surface area contributed by atoms with Gasteiger partial charge in [-0.3, -0.25) is 4.79 Å². The fourth-order valence-electron chi connectivity index (χ4n) is 2.17. The molecule has 0 spiro atoms. The van der Waals surface area contributed by atoms with Crippen molar-refractivity contribution in [2.24, 2.45) is 0 Å². The largest absolute Gasteiger partial charge is 0.468 e. The van der Waals surface area contributed by atoms with Gasteiger partial charge < -0.3 is 4.74 Å². The van der Waals surface area contributed by atoms with Crippen molar-refractivity contribution >= 4 is 21.9 Å². The summed E-state index contributed by atoms with van der Waals surface area (Å²) in [7, 11) is 1.13. The Balaban J connectivity index is 2.67. The molecule has 1 aromatic carbocycles. The molecule has 1 heterocycles. The molecule has 0 saturated carbocycles. The number of rotatable bonds is 3. The van der Waals surface area contributed by atoms with Crippen molar-refractivity contribution < 1.29 is 22.7 Å². The third-order valence-corrected chi connectivity index (χ3v) is 3.83. The molecule has 0 saturated heterocycles. The number of benzene rings is 1. The van der Waals surface area contributed by atoms with Crippen LogP contribution in [0.1, 0.15) is 28.3 Å². The summed E-state index contributed by atoms with van der Waals surface area (Å²) in [5.41, 5.74) is -1.06. The fourth-order valence-corrected chi connectivity index (χ4v) is 2.43. The number of hydrogen-bond donors (Lipinski definition) is 0. The molecule has 4 nitrogen and oxygen atoms in total. The predicted octanol–water partition coefficient (Wildman–Crippen LogP) is 4.04. The molecular weight excluding hydrogens is 389 g/mol. The second-order valence-electron chi connectivity index (χ2n) is 4.78. The van der Waals surface area contributed by atoms with Gasteiger partial charge in [0.2, 0.25) is 0 Å². The first-order chi connectivity index (χ1) is 11.3. The third-order valence-electron chi connectivity index (χ3n) is 3.30. The average Bonchev–Trinajstić information content (AvgIpc) is 2.55. The Morgan fingerprint density at radius 1 is 1.33 bits per heavy atom. The minimum Gasteiger partial charge on any atom is -0.468 e. The lowest BCUT2D eigenvalue weighted by Gasteiger charge is -2.18. The zero-order valence-electron chi connectivity index (χ0n) is 12.3. The standard InChI is InChI=1S/C16H10BrF3N2O2/c1-24-15(23)14(9-2-4-11(17)5-3-9)12-6-10(16(18,19)20)8-22-13(12)7-21/h2-6,8,14H,1H3. The van der Waals surface area contributed by atoms with Gasteiger partial charge in [-0.1, -0.05) is 28.1 Å². The third kappa shape index (κ3) is 3.74. The van der Waals surface area contributed by atoms with Gasteiger partial charge in [0.1, 0.15) is 17.7 Å². The number of aromatic nitrogens is 1. The maximum atomic E-state index is 13.0. The quantitative estimate of drug-likeness (QED) is 0.731. The van der Waals surface area contributed by atoms with E-state index in [1.807, 2.05) is 0 Å². The van der Waals surface area contributed by atoms with E-state index in [4.69, 9.17) is 10.00 Å². The van der Waals surface area contributed by atoms with Gasteiger partial charge in [-0.05, 0) is 23.8 Å². The Hall–Kier alpha value is -2.40. The number of ether oxygens (including phenoxy) is 1. The predicted molar refractivity (Wildman–Crippen MR) is 82.0 cm³/mol. The number of hydrogen-bond acceptors (Lipinski definition) is 4. The average molecular weight is 399 g/mol. The van der Waals surface area contributed by atoms with Crippen molar-refractivity contribution in [2.75, 3.05) is 7.11 Å². The minimum atomic E-state index is -4.64. The molecule has 0 aliphatic rings. The van der Waals surface area contributed by atoms with Gasteiger partial charge in [0, 0.05) is 16.2 Å². The topological polar surface area (TPSA) is 63.0 Å². The molecule has 0 aliphatic heterocycles. The number of methoxy groups -OCH3 is 1. The summed E-state index contributed by atoms with van der Waals surface area (Å²) in [6.45, 7) is 0. The first-order valence-corrected chi connectivity index (χ1v) is 7.37. The van der Waals surface area contributed by atoms with Crippen LogP contribution in [0.25, 0.3) is 0 Å². The maximum Gasteiger partial charge on any atom is 0.417 e. The highest BCUT2D eigenvalue weighted by molar-refractivity contribution is 9.10. The Bertz CT molecular complexity index is 798. The first-order valence-electron chi connectivity index (χ1n) is 6.58. The summed E-state index contributed by atoms with van der Waals surface area (Å²) in [6, 6.07) is 8.88. The van der Waals surface area contributed by atoms with Crippen LogP contribution in [0.5, 0.6) is 0 Å². The van der Waals surface area contributed by atoms with Crippen molar-refractivity contribution in [3.8, 4) is 6.07 Å². The highest BCUT2D eigenvalue weighted by atomic mass is 79.9. The number of carbonyl (C=O) groups is 1. The van der Waals surface area contributed by atoms with Crippen molar-refractivity contribution in [3.63, 3.8) is 0 Å². The van der Waals surface area contributed by atoms with Crippen LogP contribution in [0.2, 0.25) is 0 Å². The summed E-state index contributed by atoms with van der Waals surface area (Å²) in [4.78, 5) is 15.7. The van der Waals surface area contributed by atoms with E-state index in [0.29, 0.717) is 11.8 Å². The van der Waals surface area contributed by atoms with Crippen LogP contribution in [0.4, 0.5) is 13.2 Å². The molecule has 1 aromatic heterocycles. The summed E-state index contributed by atoms with van der Waals surface area (Å²) >= 11 is 3.24. The molecule has 24 heavy (non-hydrogen) atoms. The van der Waals surface area contributed by atoms with E-state index in [9.17, 15) is 18.0 Å². The molecule has 1 unspecified atom stereocenters. The molecule has 0 N–H and O–H groups in total. The van der Waals surface area contributed by atoms with Crippen molar-refractivity contribution in [1.29, 1.82) is 5.26 Å². The van der Waals surface area contributed by atoms with E-state index in [1.165, 1.54) is 0 Å². The Morgan fingerprint density at radius 3 is 2.46 bits per heavy atom. The van der Waals surface area contributed by atoms with Gasteiger partial charge >= 0.3 is 12.1 Å². The number of nitrogens with zero attached hydrogens (tertiary/aromatic N) is 2. The Kier molecular flexibility index (Phi) is 5.24. The van der Waals surface area contributed by atoms with Crippen LogP contribution in [0.15, 0.2) is 41.0 Å².